The molecule has 1 amide bonds. The van der Waals surface area contributed by atoms with E-state index in [0.29, 0.717) is 6.54 Å². The third kappa shape index (κ3) is 4.51. The van der Waals surface area contributed by atoms with Crippen LogP contribution in [0.2, 0.25) is 0 Å². The van der Waals surface area contributed by atoms with Crippen LogP contribution in [0.3, 0.4) is 0 Å². The highest BCUT2D eigenvalue weighted by molar-refractivity contribution is 5.94. The molecule has 17 heavy (non-hydrogen) atoms. The van der Waals surface area contributed by atoms with Crippen LogP contribution < -0.4 is 5.32 Å². The van der Waals surface area contributed by atoms with Crippen LogP contribution >= 0.6 is 0 Å². The van der Waals surface area contributed by atoms with Gasteiger partial charge in [-0.1, -0.05) is 24.3 Å². The Hall–Kier alpha value is -2.10. The van der Waals surface area contributed by atoms with Crippen molar-refractivity contribution in [1.82, 2.24) is 5.32 Å². The van der Waals surface area contributed by atoms with Gasteiger partial charge in [0.15, 0.2) is 0 Å². The van der Waals surface area contributed by atoms with Crippen LogP contribution in [0, 0.1) is 6.92 Å². The number of hydrogen-bond donors (Lipinski definition) is 1. The van der Waals surface area contributed by atoms with Crippen LogP contribution in [0.4, 0.5) is 0 Å². The minimum absolute atomic E-state index is 0.321. The van der Waals surface area contributed by atoms with Gasteiger partial charge < -0.3 is 10.1 Å². The lowest BCUT2D eigenvalue weighted by Gasteiger charge is -2.05. The van der Waals surface area contributed by atoms with E-state index in [1.165, 1.54) is 7.11 Å². The summed E-state index contributed by atoms with van der Waals surface area (Å²) >= 11 is 0. The lowest BCUT2D eigenvalue weighted by molar-refractivity contribution is -0.135. The molecule has 0 radical (unpaired) electrons. The van der Waals surface area contributed by atoms with E-state index in [1.807, 2.05) is 31.2 Å². The second-order valence-corrected chi connectivity index (χ2v) is 3.50. The summed E-state index contributed by atoms with van der Waals surface area (Å²) in [7, 11) is 1.26. The fraction of sp³-hybridized carbons (Fsp3) is 0.231. The molecule has 0 aliphatic rings. The number of methoxy groups -OCH3 is 1. The zero-order chi connectivity index (χ0) is 12.7. The first kappa shape index (κ1) is 13.0. The lowest BCUT2D eigenvalue weighted by Crippen LogP contribution is -2.21. The molecular formula is C13H15NO3. The van der Waals surface area contributed by atoms with Crippen LogP contribution in [0.1, 0.15) is 11.1 Å². The molecule has 0 heterocycles. The zero-order valence-electron chi connectivity index (χ0n) is 9.90. The number of ether oxygens (including phenoxy) is 1. The third-order valence-electron chi connectivity index (χ3n) is 2.29. The molecule has 4 heteroatoms. The first-order chi connectivity index (χ1) is 8.13. The molecule has 0 saturated carbocycles. The lowest BCUT2D eigenvalue weighted by atomic mass is 10.1. The average molecular weight is 233 g/mol. The minimum atomic E-state index is -0.545. The molecule has 0 fully saturated rings. The fourth-order valence-corrected chi connectivity index (χ4v) is 1.26. The number of amides is 1. The second-order valence-electron chi connectivity index (χ2n) is 3.50. The molecule has 0 unspecified atom stereocenters. The molecule has 0 aliphatic carbocycles. The smallest absolute Gasteiger partial charge is 0.330 e. The van der Waals surface area contributed by atoms with Gasteiger partial charge >= 0.3 is 5.97 Å². The Morgan fingerprint density at radius 2 is 2.00 bits per heavy atom. The molecule has 90 valence electrons. The summed E-state index contributed by atoms with van der Waals surface area (Å²) in [6.07, 6.45) is 2.25. The van der Waals surface area contributed by atoms with Crippen molar-refractivity contribution in [3.05, 3.63) is 47.5 Å². The molecule has 1 aromatic carbocycles. The van der Waals surface area contributed by atoms with Crippen LogP contribution in [0.15, 0.2) is 36.4 Å². The van der Waals surface area contributed by atoms with Gasteiger partial charge in [-0.3, -0.25) is 4.79 Å². The van der Waals surface area contributed by atoms with E-state index in [1.54, 1.807) is 0 Å². The largest absolute Gasteiger partial charge is 0.466 e. The Kier molecular flexibility index (Phi) is 4.94. The molecular weight excluding hydrogens is 218 g/mol. The summed E-state index contributed by atoms with van der Waals surface area (Å²) in [5, 5.41) is 2.69. The maximum atomic E-state index is 11.3. The third-order valence-corrected chi connectivity index (χ3v) is 2.29. The van der Waals surface area contributed by atoms with Crippen molar-refractivity contribution in [2.75, 3.05) is 7.11 Å². The second kappa shape index (κ2) is 6.48. The molecule has 1 N–H and O–H groups in total. The summed E-state index contributed by atoms with van der Waals surface area (Å²) in [6.45, 7) is 2.42. The molecule has 0 aromatic heterocycles. The quantitative estimate of drug-likeness (QED) is 0.630. The monoisotopic (exact) mass is 233 g/mol. The zero-order valence-corrected chi connectivity index (χ0v) is 9.90. The van der Waals surface area contributed by atoms with E-state index in [2.05, 4.69) is 10.1 Å². The number of carbonyl (C=O) groups excluding carboxylic acids is 2. The van der Waals surface area contributed by atoms with E-state index in [0.717, 1.165) is 23.3 Å². The fourth-order valence-electron chi connectivity index (χ4n) is 1.26. The normalized spacial score (nSPS) is 10.2. The molecule has 0 bridgehead atoms. The number of hydrogen-bond acceptors (Lipinski definition) is 3. The first-order valence-electron chi connectivity index (χ1n) is 5.22. The highest BCUT2D eigenvalue weighted by Gasteiger charge is 2.00. The van der Waals surface area contributed by atoms with Crippen molar-refractivity contribution in [1.29, 1.82) is 0 Å². The number of esters is 1. The van der Waals surface area contributed by atoms with Gasteiger partial charge in [-0.15, -0.1) is 0 Å². The molecule has 1 aromatic rings. The SMILES string of the molecule is COC(=O)C=CC(=O)NCc1ccccc1C. The Bertz CT molecular complexity index is 438. The number of rotatable bonds is 4. The highest BCUT2D eigenvalue weighted by Crippen LogP contribution is 2.05. The van der Waals surface area contributed by atoms with Gasteiger partial charge in [0.1, 0.15) is 0 Å². The molecule has 0 aliphatic heterocycles. The van der Waals surface area contributed by atoms with Crippen LogP contribution in [-0.4, -0.2) is 19.0 Å². The van der Waals surface area contributed by atoms with E-state index < -0.39 is 5.97 Å². The number of aryl methyl sites for hydroxylation is 1. The summed E-state index contributed by atoms with van der Waals surface area (Å²) < 4.78 is 4.38. The summed E-state index contributed by atoms with van der Waals surface area (Å²) in [5.41, 5.74) is 2.16. The topological polar surface area (TPSA) is 55.4 Å². The summed E-state index contributed by atoms with van der Waals surface area (Å²) in [4.78, 5) is 22.1. The number of carbonyl (C=O) groups is 2. The van der Waals surface area contributed by atoms with Gasteiger partial charge in [-0.2, -0.15) is 0 Å². The predicted molar refractivity (Wildman–Crippen MR) is 64.2 cm³/mol. The van der Waals surface area contributed by atoms with E-state index in [-0.39, 0.29) is 5.91 Å². The maximum Gasteiger partial charge on any atom is 0.330 e. The predicted octanol–water partition coefficient (Wildman–Crippen LogP) is 1.34. The molecule has 1 rings (SSSR count). The standard InChI is InChI=1S/C13H15NO3/c1-10-5-3-4-6-11(10)9-14-12(15)7-8-13(16)17-2/h3-8H,9H2,1-2H3,(H,14,15). The molecule has 0 atom stereocenters. The van der Waals surface area contributed by atoms with Crippen molar-refractivity contribution >= 4 is 11.9 Å². The van der Waals surface area contributed by atoms with E-state index in [4.69, 9.17) is 0 Å². The maximum absolute atomic E-state index is 11.3. The van der Waals surface area contributed by atoms with Gasteiger partial charge in [-0.05, 0) is 18.1 Å². The van der Waals surface area contributed by atoms with Crippen LogP contribution in [0.25, 0.3) is 0 Å². The summed E-state index contributed by atoms with van der Waals surface area (Å²) in [5.74, 6) is -0.866. The van der Waals surface area contributed by atoms with Gasteiger partial charge in [0.2, 0.25) is 5.91 Å². The van der Waals surface area contributed by atoms with Crippen LogP contribution in [-0.2, 0) is 20.9 Å². The number of benzene rings is 1. The molecule has 0 saturated heterocycles. The van der Waals surface area contributed by atoms with Crippen molar-refractivity contribution in [3.8, 4) is 0 Å². The summed E-state index contributed by atoms with van der Waals surface area (Å²) in [6, 6.07) is 7.78. The highest BCUT2D eigenvalue weighted by atomic mass is 16.5. The Morgan fingerprint density at radius 3 is 2.65 bits per heavy atom. The minimum Gasteiger partial charge on any atom is -0.466 e. The van der Waals surface area contributed by atoms with E-state index in [9.17, 15) is 9.59 Å². The Balaban J connectivity index is 2.46. The molecule has 4 nitrogen and oxygen atoms in total. The Labute approximate surface area is 100 Å². The van der Waals surface area contributed by atoms with Gasteiger partial charge in [-0.25, -0.2) is 4.79 Å². The molecule has 0 spiro atoms. The van der Waals surface area contributed by atoms with Crippen molar-refractivity contribution in [2.24, 2.45) is 0 Å². The van der Waals surface area contributed by atoms with Crippen molar-refractivity contribution in [3.63, 3.8) is 0 Å². The average Bonchev–Trinajstić information content (AvgIpc) is 2.35. The van der Waals surface area contributed by atoms with Gasteiger partial charge in [0, 0.05) is 18.7 Å². The number of nitrogens with one attached hydrogen (secondary N) is 1. The van der Waals surface area contributed by atoms with Crippen molar-refractivity contribution < 1.29 is 14.3 Å². The first-order valence-corrected chi connectivity index (χ1v) is 5.22. The van der Waals surface area contributed by atoms with Gasteiger partial charge in [0.25, 0.3) is 0 Å². The van der Waals surface area contributed by atoms with Crippen LogP contribution in [0.5, 0.6) is 0 Å². The van der Waals surface area contributed by atoms with E-state index >= 15 is 0 Å². The Morgan fingerprint density at radius 1 is 1.29 bits per heavy atom. The van der Waals surface area contributed by atoms with Gasteiger partial charge in [0.05, 0.1) is 7.11 Å². The van der Waals surface area contributed by atoms with Crippen molar-refractivity contribution in [2.45, 2.75) is 13.5 Å².